The molecule has 0 aromatic carbocycles. The van der Waals surface area contributed by atoms with Crippen LogP contribution in [0, 0.1) is 5.92 Å². The Hall–Kier alpha value is -1.09. The second-order valence-electron chi connectivity index (χ2n) is 5.38. The average molecular weight is 216 g/mol. The maximum Gasteiger partial charge on any atom is 0.141 e. The molecule has 3 fully saturated rings. The van der Waals surface area contributed by atoms with Gasteiger partial charge in [-0.1, -0.05) is 0 Å². The summed E-state index contributed by atoms with van der Waals surface area (Å²) in [5, 5.41) is 0. The second-order valence-corrected chi connectivity index (χ2v) is 5.38. The largest absolute Gasteiger partial charge is 0.483 e. The lowest BCUT2D eigenvalue weighted by molar-refractivity contribution is -0.0799. The van der Waals surface area contributed by atoms with E-state index in [1.54, 1.807) is 0 Å². The fraction of sp³-hybridized carbons (Fsp3) is 0.615. The molecular weight excluding hydrogens is 200 g/mol. The summed E-state index contributed by atoms with van der Waals surface area (Å²) in [6.07, 6.45) is 7.46. The van der Waals surface area contributed by atoms with E-state index in [0.717, 1.165) is 24.6 Å². The third-order valence-corrected chi connectivity index (χ3v) is 4.50. The first-order valence-electron chi connectivity index (χ1n) is 6.20. The number of piperidine rings is 3. The first-order chi connectivity index (χ1) is 7.86. The number of hydrogen-bond donors (Lipinski definition) is 0. The summed E-state index contributed by atoms with van der Waals surface area (Å²) in [4.78, 5) is 6.71. The molecule has 3 saturated heterocycles. The lowest BCUT2D eigenvalue weighted by atomic mass is 9.73. The van der Waals surface area contributed by atoms with E-state index in [4.69, 9.17) is 4.74 Å². The molecule has 3 nitrogen and oxygen atoms in total. The fourth-order valence-electron chi connectivity index (χ4n) is 3.66. The van der Waals surface area contributed by atoms with Crippen molar-refractivity contribution < 1.29 is 4.74 Å². The minimum absolute atomic E-state index is 0.0852. The molecule has 5 heterocycles. The zero-order chi connectivity index (χ0) is 10.6. The van der Waals surface area contributed by atoms with E-state index in [-0.39, 0.29) is 5.60 Å². The van der Waals surface area contributed by atoms with Crippen LogP contribution in [-0.4, -0.2) is 35.1 Å². The molecule has 0 N–H and O–H groups in total. The molecule has 3 heteroatoms. The van der Waals surface area contributed by atoms with Gasteiger partial charge in [-0.25, -0.2) is 0 Å². The Labute approximate surface area is 95.4 Å². The van der Waals surface area contributed by atoms with Gasteiger partial charge in [-0.2, -0.15) is 0 Å². The molecular formula is C13H16N2O. The van der Waals surface area contributed by atoms with Gasteiger partial charge < -0.3 is 4.74 Å². The van der Waals surface area contributed by atoms with Crippen molar-refractivity contribution in [3.8, 4) is 5.75 Å². The molecule has 0 aliphatic carbocycles. The monoisotopic (exact) mass is 216 g/mol. The molecule has 1 atom stereocenters. The quantitative estimate of drug-likeness (QED) is 0.657. The van der Waals surface area contributed by atoms with Crippen molar-refractivity contribution >= 4 is 0 Å². The maximum atomic E-state index is 6.27. The Balaban J connectivity index is 1.72. The average Bonchev–Trinajstić information content (AvgIpc) is 2.68. The minimum atomic E-state index is 0.0852. The lowest BCUT2D eigenvalue weighted by Gasteiger charge is -2.50. The fourth-order valence-corrected chi connectivity index (χ4v) is 3.66. The third-order valence-electron chi connectivity index (χ3n) is 4.50. The number of aromatic nitrogens is 1. The van der Waals surface area contributed by atoms with E-state index in [0.29, 0.717) is 0 Å². The van der Waals surface area contributed by atoms with Crippen LogP contribution < -0.4 is 4.74 Å². The predicted octanol–water partition coefficient (Wildman–Crippen LogP) is 1.48. The van der Waals surface area contributed by atoms with Crippen LogP contribution in [0.15, 0.2) is 18.5 Å². The van der Waals surface area contributed by atoms with Crippen molar-refractivity contribution in [2.45, 2.75) is 24.9 Å². The molecule has 4 aliphatic heterocycles. The summed E-state index contributed by atoms with van der Waals surface area (Å²) < 4.78 is 6.27. The summed E-state index contributed by atoms with van der Waals surface area (Å²) in [7, 11) is 0. The highest BCUT2D eigenvalue weighted by atomic mass is 16.5. The van der Waals surface area contributed by atoms with E-state index >= 15 is 0 Å². The highest BCUT2D eigenvalue weighted by Gasteiger charge is 2.51. The Kier molecular flexibility index (Phi) is 1.67. The molecule has 1 spiro atoms. The topological polar surface area (TPSA) is 25.4 Å². The van der Waals surface area contributed by atoms with E-state index in [1.165, 1.54) is 31.5 Å². The van der Waals surface area contributed by atoms with Crippen LogP contribution in [-0.2, 0) is 6.42 Å². The lowest BCUT2D eigenvalue weighted by Crippen LogP contribution is -2.61. The second kappa shape index (κ2) is 2.98. The van der Waals surface area contributed by atoms with E-state index < -0.39 is 0 Å². The van der Waals surface area contributed by atoms with Crippen molar-refractivity contribution in [1.29, 1.82) is 0 Å². The van der Waals surface area contributed by atoms with Gasteiger partial charge in [0.05, 0.1) is 6.20 Å². The molecule has 1 aromatic heterocycles. The molecule has 16 heavy (non-hydrogen) atoms. The van der Waals surface area contributed by atoms with Crippen LogP contribution in [0.1, 0.15) is 18.4 Å². The number of rotatable bonds is 0. The molecule has 84 valence electrons. The van der Waals surface area contributed by atoms with Crippen molar-refractivity contribution in [2.24, 2.45) is 5.92 Å². The predicted molar refractivity (Wildman–Crippen MR) is 60.5 cm³/mol. The normalized spacial score (nSPS) is 39.8. The van der Waals surface area contributed by atoms with Gasteiger partial charge in [-0.3, -0.25) is 9.88 Å². The van der Waals surface area contributed by atoms with E-state index in [2.05, 4.69) is 16.0 Å². The van der Waals surface area contributed by atoms with Crippen molar-refractivity contribution in [3.63, 3.8) is 0 Å². The van der Waals surface area contributed by atoms with Gasteiger partial charge in [0.15, 0.2) is 0 Å². The summed E-state index contributed by atoms with van der Waals surface area (Å²) in [6.45, 7) is 3.65. The highest BCUT2D eigenvalue weighted by Crippen LogP contribution is 2.46. The maximum absolute atomic E-state index is 6.27. The zero-order valence-corrected chi connectivity index (χ0v) is 9.35. The van der Waals surface area contributed by atoms with Crippen molar-refractivity contribution in [1.82, 2.24) is 9.88 Å². The van der Waals surface area contributed by atoms with Gasteiger partial charge in [0.1, 0.15) is 11.4 Å². The molecule has 4 aliphatic rings. The van der Waals surface area contributed by atoms with E-state index in [1.807, 2.05) is 12.4 Å². The molecule has 0 radical (unpaired) electrons. The van der Waals surface area contributed by atoms with Crippen molar-refractivity contribution in [3.05, 3.63) is 24.0 Å². The molecule has 2 bridgehead atoms. The number of ether oxygens (including phenoxy) is 1. The molecule has 1 unspecified atom stereocenters. The van der Waals surface area contributed by atoms with E-state index in [9.17, 15) is 0 Å². The van der Waals surface area contributed by atoms with Crippen molar-refractivity contribution in [2.75, 3.05) is 19.6 Å². The van der Waals surface area contributed by atoms with Gasteiger partial charge in [0.25, 0.3) is 0 Å². The van der Waals surface area contributed by atoms with Gasteiger partial charge in [0, 0.05) is 30.6 Å². The number of pyridine rings is 1. The Morgan fingerprint density at radius 2 is 2.25 bits per heavy atom. The van der Waals surface area contributed by atoms with Crippen LogP contribution in [0.3, 0.4) is 0 Å². The van der Waals surface area contributed by atoms with Crippen LogP contribution >= 0.6 is 0 Å². The Morgan fingerprint density at radius 1 is 1.38 bits per heavy atom. The first-order valence-corrected chi connectivity index (χ1v) is 6.20. The first kappa shape index (κ1) is 8.99. The minimum Gasteiger partial charge on any atom is -0.483 e. The SMILES string of the molecule is c1cc2c(cn1)OC1(C2)CN2CCC1CC2. The smallest absolute Gasteiger partial charge is 0.141 e. The van der Waals surface area contributed by atoms with Gasteiger partial charge >= 0.3 is 0 Å². The molecule has 5 rings (SSSR count). The summed E-state index contributed by atoms with van der Waals surface area (Å²) in [5.41, 5.74) is 1.44. The van der Waals surface area contributed by atoms with Gasteiger partial charge in [-0.05, 0) is 32.0 Å². The van der Waals surface area contributed by atoms with Crippen LogP contribution in [0.2, 0.25) is 0 Å². The Morgan fingerprint density at radius 3 is 2.94 bits per heavy atom. The van der Waals surface area contributed by atoms with Gasteiger partial charge in [-0.15, -0.1) is 0 Å². The van der Waals surface area contributed by atoms with Crippen LogP contribution in [0.5, 0.6) is 5.75 Å². The summed E-state index contributed by atoms with van der Waals surface area (Å²) in [5.74, 6) is 1.78. The summed E-state index contributed by atoms with van der Waals surface area (Å²) >= 11 is 0. The zero-order valence-electron chi connectivity index (χ0n) is 9.35. The highest BCUT2D eigenvalue weighted by molar-refractivity contribution is 5.37. The molecule has 1 aromatic rings. The molecule has 0 amide bonds. The number of nitrogens with zero attached hydrogens (tertiary/aromatic N) is 2. The third kappa shape index (κ3) is 1.09. The number of fused-ring (bicyclic) bond motifs is 3. The standard InChI is InChI=1S/C13H16N2O/c1-4-14-8-12-10(1)7-13(16-12)9-15-5-2-11(13)3-6-15/h1,4,8,11H,2-3,5-7,9H2. The van der Waals surface area contributed by atoms with Crippen LogP contribution in [0.4, 0.5) is 0 Å². The van der Waals surface area contributed by atoms with Crippen LogP contribution in [0.25, 0.3) is 0 Å². The number of hydrogen-bond acceptors (Lipinski definition) is 3. The Bertz CT molecular complexity index is 399. The van der Waals surface area contributed by atoms with Gasteiger partial charge in [0.2, 0.25) is 0 Å². The summed E-state index contributed by atoms with van der Waals surface area (Å²) in [6, 6.07) is 2.11. The molecule has 0 saturated carbocycles.